The minimum absolute atomic E-state index is 0.0219. The van der Waals surface area contributed by atoms with E-state index in [1.807, 2.05) is 0 Å². The second-order valence-electron chi connectivity index (χ2n) is 4.41. The van der Waals surface area contributed by atoms with Crippen molar-refractivity contribution in [2.75, 3.05) is 18.5 Å². The molecule has 1 aromatic rings. The molecule has 6 nitrogen and oxygen atoms in total. The number of carboxylic acids is 1. The molecule has 0 aromatic heterocycles. The molecule has 4 N–H and O–H groups in total. The van der Waals surface area contributed by atoms with Gasteiger partial charge in [-0.2, -0.15) is 0 Å². The van der Waals surface area contributed by atoms with E-state index in [-0.39, 0.29) is 23.1 Å². The number of carbonyl (C=O) groups is 2. The van der Waals surface area contributed by atoms with Gasteiger partial charge in [-0.3, -0.25) is 4.79 Å². The molecule has 1 heterocycles. The molecule has 1 aromatic carbocycles. The number of nitrogens with two attached hydrogens (primary N) is 1. The fourth-order valence-electron chi connectivity index (χ4n) is 1.78. The van der Waals surface area contributed by atoms with Crippen LogP contribution >= 0.6 is 11.6 Å². The number of hydrogen-bond acceptors (Lipinski definition) is 4. The van der Waals surface area contributed by atoms with Gasteiger partial charge in [-0.15, -0.1) is 0 Å². The molecule has 0 bridgehead atoms. The Balaban J connectivity index is 2.13. The minimum Gasteiger partial charge on any atom is -0.478 e. The summed E-state index contributed by atoms with van der Waals surface area (Å²) >= 11 is 5.81. The number of benzene rings is 1. The third-order valence-electron chi connectivity index (χ3n) is 2.96. The third-order valence-corrected chi connectivity index (χ3v) is 3.27. The summed E-state index contributed by atoms with van der Waals surface area (Å²) in [5.74, 6) is -1.49. The molecule has 1 atom stereocenters. The number of anilines is 1. The van der Waals surface area contributed by atoms with E-state index in [0.29, 0.717) is 18.7 Å². The number of carbonyl (C=O) groups excluding carboxylic acids is 1. The smallest absolute Gasteiger partial charge is 0.337 e. The van der Waals surface area contributed by atoms with Crippen LogP contribution in [0.2, 0.25) is 5.02 Å². The lowest BCUT2D eigenvalue weighted by Gasteiger charge is -2.20. The van der Waals surface area contributed by atoms with Crippen molar-refractivity contribution in [2.45, 2.75) is 12.0 Å². The van der Waals surface area contributed by atoms with Gasteiger partial charge in [-0.25, -0.2) is 4.79 Å². The van der Waals surface area contributed by atoms with Crippen LogP contribution in [0.3, 0.4) is 0 Å². The number of carboxylic acid groups (broad SMARTS) is 1. The lowest BCUT2D eigenvalue weighted by molar-refractivity contribution is -0.121. The second-order valence-corrected chi connectivity index (χ2v) is 4.82. The molecule has 0 aliphatic carbocycles. The Morgan fingerprint density at radius 1 is 1.47 bits per heavy atom. The fourth-order valence-corrected chi connectivity index (χ4v) is 2.04. The van der Waals surface area contributed by atoms with E-state index >= 15 is 0 Å². The summed E-state index contributed by atoms with van der Waals surface area (Å²) in [5, 5.41) is 11.5. The molecule has 19 heavy (non-hydrogen) atoms. The first-order valence-corrected chi connectivity index (χ1v) is 6.01. The second kappa shape index (κ2) is 5.16. The van der Waals surface area contributed by atoms with Gasteiger partial charge in [0.2, 0.25) is 5.91 Å². The molecule has 1 fully saturated rings. The Bertz CT molecular complexity index is 526. The Hall–Kier alpha value is -1.63. The molecule has 0 saturated carbocycles. The lowest BCUT2D eigenvalue weighted by Crippen LogP contribution is -2.51. The van der Waals surface area contributed by atoms with Gasteiger partial charge in [-0.05, 0) is 24.6 Å². The molecule has 1 aliphatic rings. The van der Waals surface area contributed by atoms with Crippen molar-refractivity contribution < 1.29 is 19.4 Å². The minimum atomic E-state index is -1.12. The first-order valence-electron chi connectivity index (χ1n) is 5.63. The highest BCUT2D eigenvalue weighted by Gasteiger charge is 2.38. The van der Waals surface area contributed by atoms with Crippen LogP contribution in [0.4, 0.5) is 5.69 Å². The van der Waals surface area contributed by atoms with E-state index < -0.39 is 11.5 Å². The fraction of sp³-hybridized carbons (Fsp3) is 0.333. The van der Waals surface area contributed by atoms with Crippen LogP contribution in [0, 0.1) is 0 Å². The number of rotatable bonds is 3. The van der Waals surface area contributed by atoms with Gasteiger partial charge >= 0.3 is 5.97 Å². The zero-order valence-electron chi connectivity index (χ0n) is 9.98. The molecule has 0 spiro atoms. The summed E-state index contributed by atoms with van der Waals surface area (Å²) in [6.07, 6.45) is 0.444. The van der Waals surface area contributed by atoms with E-state index in [9.17, 15) is 9.59 Å². The SMILES string of the molecule is NC1(C(=O)Nc2ccc(C(=O)O)c(Cl)c2)CCOC1. The highest BCUT2D eigenvalue weighted by atomic mass is 35.5. The maximum Gasteiger partial charge on any atom is 0.337 e. The lowest BCUT2D eigenvalue weighted by atomic mass is 9.99. The average Bonchev–Trinajstić information content (AvgIpc) is 2.77. The van der Waals surface area contributed by atoms with Crippen LogP contribution in [-0.2, 0) is 9.53 Å². The van der Waals surface area contributed by atoms with Crippen molar-refractivity contribution >= 4 is 29.2 Å². The third kappa shape index (κ3) is 2.86. The quantitative estimate of drug-likeness (QED) is 0.771. The molecule has 0 radical (unpaired) electrons. The summed E-state index contributed by atoms with van der Waals surface area (Å²) in [7, 11) is 0. The van der Waals surface area contributed by atoms with Crippen LogP contribution in [0.15, 0.2) is 18.2 Å². The predicted octanol–water partition coefficient (Wildman–Crippen LogP) is 1.09. The van der Waals surface area contributed by atoms with Crippen LogP contribution in [0.5, 0.6) is 0 Å². The van der Waals surface area contributed by atoms with Crippen molar-refractivity contribution in [3.8, 4) is 0 Å². The largest absolute Gasteiger partial charge is 0.478 e. The summed E-state index contributed by atoms with van der Waals surface area (Å²) in [6.45, 7) is 0.613. The number of nitrogens with one attached hydrogen (secondary N) is 1. The van der Waals surface area contributed by atoms with Gasteiger partial charge in [0, 0.05) is 12.3 Å². The monoisotopic (exact) mass is 284 g/mol. The molecular formula is C12H13ClN2O4. The first-order chi connectivity index (χ1) is 8.92. The molecular weight excluding hydrogens is 272 g/mol. The summed E-state index contributed by atoms with van der Waals surface area (Å²) in [5.41, 5.74) is 5.24. The standard InChI is InChI=1S/C12H13ClN2O4/c13-9-5-7(1-2-8(9)10(16)17)15-11(18)12(14)3-4-19-6-12/h1-2,5H,3-4,6,14H2,(H,15,18)(H,16,17). The van der Waals surface area contributed by atoms with Crippen LogP contribution in [0.25, 0.3) is 0 Å². The van der Waals surface area contributed by atoms with E-state index in [4.69, 9.17) is 27.2 Å². The van der Waals surface area contributed by atoms with Gasteiger partial charge in [0.05, 0.1) is 17.2 Å². The van der Waals surface area contributed by atoms with Crippen molar-refractivity contribution in [1.82, 2.24) is 0 Å². The molecule has 2 rings (SSSR count). The van der Waals surface area contributed by atoms with Crippen molar-refractivity contribution in [3.63, 3.8) is 0 Å². The molecule has 102 valence electrons. The Morgan fingerprint density at radius 3 is 2.74 bits per heavy atom. The molecule has 7 heteroatoms. The molecule has 1 unspecified atom stereocenters. The number of halogens is 1. The number of aromatic carboxylic acids is 1. The topological polar surface area (TPSA) is 102 Å². The van der Waals surface area contributed by atoms with E-state index in [2.05, 4.69) is 5.32 Å². The predicted molar refractivity (Wildman–Crippen MR) is 69.4 cm³/mol. The summed E-state index contributed by atoms with van der Waals surface area (Å²) < 4.78 is 5.10. The summed E-state index contributed by atoms with van der Waals surface area (Å²) in [4.78, 5) is 22.8. The summed E-state index contributed by atoms with van der Waals surface area (Å²) in [6, 6.07) is 4.17. The van der Waals surface area contributed by atoms with E-state index in [1.165, 1.54) is 18.2 Å². The van der Waals surface area contributed by atoms with Crippen molar-refractivity contribution in [1.29, 1.82) is 0 Å². The van der Waals surface area contributed by atoms with Crippen molar-refractivity contribution in [3.05, 3.63) is 28.8 Å². The number of ether oxygens (including phenoxy) is 1. The highest BCUT2D eigenvalue weighted by Crippen LogP contribution is 2.23. The number of hydrogen-bond donors (Lipinski definition) is 3. The molecule has 1 amide bonds. The van der Waals surface area contributed by atoms with Gasteiger partial charge in [0.25, 0.3) is 0 Å². The van der Waals surface area contributed by atoms with Gasteiger partial charge < -0.3 is 20.9 Å². The van der Waals surface area contributed by atoms with Gasteiger partial charge in [0.15, 0.2) is 0 Å². The average molecular weight is 285 g/mol. The molecule has 1 saturated heterocycles. The van der Waals surface area contributed by atoms with E-state index in [0.717, 1.165) is 0 Å². The van der Waals surface area contributed by atoms with Crippen LogP contribution in [0.1, 0.15) is 16.8 Å². The molecule has 1 aliphatic heterocycles. The first kappa shape index (κ1) is 13.8. The zero-order chi connectivity index (χ0) is 14.0. The Kier molecular flexibility index (Phi) is 3.75. The van der Waals surface area contributed by atoms with E-state index in [1.54, 1.807) is 0 Å². The normalized spacial score (nSPS) is 22.2. The Labute approximate surface area is 114 Å². The maximum atomic E-state index is 12.0. The number of amides is 1. The van der Waals surface area contributed by atoms with Crippen LogP contribution in [-0.4, -0.2) is 35.7 Å². The van der Waals surface area contributed by atoms with Crippen LogP contribution < -0.4 is 11.1 Å². The Morgan fingerprint density at radius 2 is 2.21 bits per heavy atom. The highest BCUT2D eigenvalue weighted by molar-refractivity contribution is 6.33. The van der Waals surface area contributed by atoms with Gasteiger partial charge in [0.1, 0.15) is 5.54 Å². The van der Waals surface area contributed by atoms with Gasteiger partial charge in [-0.1, -0.05) is 11.6 Å². The van der Waals surface area contributed by atoms with Crippen molar-refractivity contribution in [2.24, 2.45) is 5.73 Å². The maximum absolute atomic E-state index is 12.0. The zero-order valence-corrected chi connectivity index (χ0v) is 10.7.